The minimum Gasteiger partial charge on any atom is -0.478 e. The number of fused-ring (bicyclic) bond motifs is 1. The quantitative estimate of drug-likeness (QED) is 0.916. The smallest absolute Gasteiger partial charge is 0.337 e. The summed E-state index contributed by atoms with van der Waals surface area (Å²) in [5, 5.41) is 9.12. The minimum atomic E-state index is -1.01. The Hall–Kier alpha value is -2.76. The second kappa shape index (κ2) is 5.90. The molecule has 1 aliphatic heterocycles. The van der Waals surface area contributed by atoms with Crippen molar-refractivity contribution in [1.82, 2.24) is 9.97 Å². The molecule has 2 aromatic heterocycles. The van der Waals surface area contributed by atoms with E-state index < -0.39 is 16.9 Å². The van der Waals surface area contributed by atoms with Crippen LogP contribution in [0.25, 0.3) is 0 Å². The van der Waals surface area contributed by atoms with Crippen molar-refractivity contribution in [1.29, 1.82) is 0 Å². The summed E-state index contributed by atoms with van der Waals surface area (Å²) in [6.45, 7) is 9.69. The number of aromatic nitrogens is 2. The van der Waals surface area contributed by atoms with Crippen molar-refractivity contribution in [3.8, 4) is 0 Å². The first kappa shape index (κ1) is 18.0. The monoisotopic (exact) mass is 353 g/mol. The molecule has 1 atom stereocenters. The number of carboxylic acid groups (broad SMARTS) is 1. The Morgan fingerprint density at radius 1 is 1.31 bits per heavy atom. The fourth-order valence-electron chi connectivity index (χ4n) is 3.50. The van der Waals surface area contributed by atoms with Crippen molar-refractivity contribution in [3.05, 3.63) is 53.0 Å². The van der Waals surface area contributed by atoms with E-state index in [0.717, 1.165) is 16.8 Å². The van der Waals surface area contributed by atoms with Gasteiger partial charge in [-0.3, -0.25) is 14.7 Å². The van der Waals surface area contributed by atoms with Gasteiger partial charge in [0.2, 0.25) is 5.91 Å². The SMILES string of the molecule is Cc1cc(C(=O)O)cnc1C[C@]1(C)C(=O)N(C(C)(C)C)c2ncccc21. The molecule has 0 saturated heterocycles. The first-order valence-electron chi connectivity index (χ1n) is 8.54. The number of nitrogens with zero attached hydrogens (tertiary/aromatic N) is 3. The normalized spacial score (nSPS) is 19.6. The minimum absolute atomic E-state index is 0.0118. The first-order chi connectivity index (χ1) is 12.1. The van der Waals surface area contributed by atoms with E-state index in [2.05, 4.69) is 9.97 Å². The maximum atomic E-state index is 13.4. The molecule has 0 aromatic carbocycles. The van der Waals surface area contributed by atoms with Crippen LogP contribution in [0, 0.1) is 6.92 Å². The Morgan fingerprint density at radius 2 is 2.00 bits per heavy atom. The van der Waals surface area contributed by atoms with Gasteiger partial charge < -0.3 is 5.11 Å². The Kier molecular flexibility index (Phi) is 4.09. The van der Waals surface area contributed by atoms with Crippen LogP contribution in [0.3, 0.4) is 0 Å². The molecule has 0 spiro atoms. The molecule has 0 radical (unpaired) electrons. The van der Waals surface area contributed by atoms with E-state index in [1.54, 1.807) is 17.2 Å². The molecule has 2 aromatic rings. The Bertz CT molecular complexity index is 901. The van der Waals surface area contributed by atoms with Gasteiger partial charge in [-0.15, -0.1) is 0 Å². The van der Waals surface area contributed by atoms with Gasteiger partial charge in [0.15, 0.2) is 0 Å². The molecule has 136 valence electrons. The van der Waals surface area contributed by atoms with Crippen LogP contribution in [-0.2, 0) is 16.6 Å². The standard InChI is InChI=1S/C20H23N3O3/c1-12-9-13(17(24)25)11-22-15(12)10-20(5)14-7-6-8-21-16(14)23(18(20)26)19(2,3)4/h6-9,11H,10H2,1-5H3,(H,24,25)/t20-/m0/s1. The zero-order valence-corrected chi connectivity index (χ0v) is 15.7. The Labute approximate surface area is 152 Å². The molecule has 1 amide bonds. The molecule has 0 bridgehead atoms. The lowest BCUT2D eigenvalue weighted by atomic mass is 9.79. The summed E-state index contributed by atoms with van der Waals surface area (Å²) < 4.78 is 0. The second-order valence-electron chi connectivity index (χ2n) is 7.99. The molecule has 26 heavy (non-hydrogen) atoms. The van der Waals surface area contributed by atoms with E-state index in [-0.39, 0.29) is 11.5 Å². The number of anilines is 1. The number of carbonyl (C=O) groups is 2. The zero-order valence-electron chi connectivity index (χ0n) is 15.7. The fourth-order valence-corrected chi connectivity index (χ4v) is 3.50. The van der Waals surface area contributed by atoms with Gasteiger partial charge in [-0.05, 0) is 52.3 Å². The highest BCUT2D eigenvalue weighted by Gasteiger charge is 2.51. The van der Waals surface area contributed by atoms with Crippen LogP contribution in [-0.4, -0.2) is 32.5 Å². The van der Waals surface area contributed by atoms with Gasteiger partial charge in [0.25, 0.3) is 0 Å². The predicted octanol–water partition coefficient (Wildman–Crippen LogP) is 3.13. The van der Waals surface area contributed by atoms with E-state index in [1.165, 1.54) is 6.20 Å². The molecule has 0 aliphatic carbocycles. The second-order valence-corrected chi connectivity index (χ2v) is 7.99. The van der Waals surface area contributed by atoms with Crippen molar-refractivity contribution in [3.63, 3.8) is 0 Å². The maximum absolute atomic E-state index is 13.4. The molecular formula is C20H23N3O3. The molecule has 0 fully saturated rings. The largest absolute Gasteiger partial charge is 0.478 e. The van der Waals surface area contributed by atoms with Crippen LogP contribution in [0.5, 0.6) is 0 Å². The number of rotatable bonds is 3. The average molecular weight is 353 g/mol. The van der Waals surface area contributed by atoms with Gasteiger partial charge in [-0.1, -0.05) is 6.07 Å². The van der Waals surface area contributed by atoms with Crippen molar-refractivity contribution >= 4 is 17.7 Å². The van der Waals surface area contributed by atoms with Gasteiger partial charge in [-0.25, -0.2) is 9.78 Å². The summed E-state index contributed by atoms with van der Waals surface area (Å²) in [4.78, 5) is 35.1. The van der Waals surface area contributed by atoms with E-state index in [1.807, 2.05) is 46.8 Å². The summed E-state index contributed by atoms with van der Waals surface area (Å²) >= 11 is 0. The van der Waals surface area contributed by atoms with Crippen LogP contribution >= 0.6 is 0 Å². The number of hydrogen-bond acceptors (Lipinski definition) is 4. The topological polar surface area (TPSA) is 83.4 Å². The molecule has 6 heteroatoms. The summed E-state index contributed by atoms with van der Waals surface area (Å²) in [6.07, 6.45) is 3.43. The van der Waals surface area contributed by atoms with Crippen molar-refractivity contribution in [2.24, 2.45) is 0 Å². The molecule has 0 saturated carbocycles. The number of aromatic carboxylic acids is 1. The van der Waals surface area contributed by atoms with Crippen LogP contribution in [0.4, 0.5) is 5.82 Å². The lowest BCUT2D eigenvalue weighted by molar-refractivity contribution is -0.123. The fraction of sp³-hybridized carbons (Fsp3) is 0.400. The third-order valence-electron chi connectivity index (χ3n) is 4.89. The zero-order chi connectivity index (χ0) is 19.3. The van der Waals surface area contributed by atoms with E-state index in [9.17, 15) is 9.59 Å². The molecule has 3 rings (SSSR count). The molecule has 6 nitrogen and oxygen atoms in total. The number of pyridine rings is 2. The van der Waals surface area contributed by atoms with Gasteiger partial charge in [0.05, 0.1) is 11.0 Å². The van der Waals surface area contributed by atoms with E-state index >= 15 is 0 Å². The lowest BCUT2D eigenvalue weighted by Gasteiger charge is -2.33. The molecule has 3 heterocycles. The first-order valence-corrected chi connectivity index (χ1v) is 8.54. The number of aryl methyl sites for hydroxylation is 1. The van der Waals surface area contributed by atoms with Crippen LogP contribution in [0.1, 0.15) is 54.9 Å². The van der Waals surface area contributed by atoms with E-state index in [0.29, 0.717) is 12.2 Å². The summed E-state index contributed by atoms with van der Waals surface area (Å²) in [6, 6.07) is 5.37. The number of carboxylic acids is 1. The molecule has 1 N–H and O–H groups in total. The van der Waals surface area contributed by atoms with Gasteiger partial charge in [0, 0.05) is 35.6 Å². The van der Waals surface area contributed by atoms with Crippen LogP contribution in [0.2, 0.25) is 0 Å². The van der Waals surface area contributed by atoms with Gasteiger partial charge >= 0.3 is 5.97 Å². The third-order valence-corrected chi connectivity index (χ3v) is 4.89. The number of carbonyl (C=O) groups excluding carboxylic acids is 1. The van der Waals surface area contributed by atoms with E-state index in [4.69, 9.17) is 5.11 Å². The predicted molar refractivity (Wildman–Crippen MR) is 98.5 cm³/mol. The molecule has 0 unspecified atom stereocenters. The van der Waals surface area contributed by atoms with Crippen molar-refractivity contribution in [2.45, 2.75) is 52.0 Å². The van der Waals surface area contributed by atoms with Gasteiger partial charge in [0.1, 0.15) is 5.82 Å². The number of amides is 1. The Morgan fingerprint density at radius 3 is 2.58 bits per heavy atom. The third kappa shape index (κ3) is 2.75. The average Bonchev–Trinajstić information content (AvgIpc) is 2.77. The summed E-state index contributed by atoms with van der Waals surface area (Å²) in [7, 11) is 0. The maximum Gasteiger partial charge on any atom is 0.337 e. The summed E-state index contributed by atoms with van der Waals surface area (Å²) in [5.74, 6) is -0.335. The number of hydrogen-bond donors (Lipinski definition) is 1. The Balaban J connectivity index is 2.07. The van der Waals surface area contributed by atoms with Gasteiger partial charge in [-0.2, -0.15) is 0 Å². The van der Waals surface area contributed by atoms with Crippen molar-refractivity contribution in [2.75, 3.05) is 4.90 Å². The highest BCUT2D eigenvalue weighted by atomic mass is 16.4. The van der Waals surface area contributed by atoms with Crippen LogP contribution in [0.15, 0.2) is 30.6 Å². The van der Waals surface area contributed by atoms with Crippen molar-refractivity contribution < 1.29 is 14.7 Å². The highest BCUT2D eigenvalue weighted by molar-refractivity contribution is 6.08. The summed E-state index contributed by atoms with van der Waals surface area (Å²) in [5.41, 5.74) is 1.32. The van der Waals surface area contributed by atoms with Crippen LogP contribution < -0.4 is 4.90 Å². The lowest BCUT2D eigenvalue weighted by Crippen LogP contribution is -2.49. The highest BCUT2D eigenvalue weighted by Crippen LogP contribution is 2.45. The molecule has 1 aliphatic rings. The molecular weight excluding hydrogens is 330 g/mol.